The Bertz CT molecular complexity index is 464. The zero-order valence-electron chi connectivity index (χ0n) is 13.4. The number of hydrogen-bond acceptors (Lipinski definition) is 1. The van der Waals surface area contributed by atoms with Crippen molar-refractivity contribution in [1.82, 2.24) is 5.32 Å². The molecular weight excluding hydrogens is 329 g/mol. The van der Waals surface area contributed by atoms with Crippen molar-refractivity contribution < 1.29 is 4.39 Å². The van der Waals surface area contributed by atoms with E-state index >= 15 is 0 Å². The lowest BCUT2D eigenvalue weighted by Crippen LogP contribution is -2.36. The molecule has 0 spiro atoms. The highest BCUT2D eigenvalue weighted by atomic mass is 79.9. The predicted octanol–water partition coefficient (Wildman–Crippen LogP) is 5.67. The first kappa shape index (κ1) is 17.0. The van der Waals surface area contributed by atoms with Crippen LogP contribution in [0, 0.1) is 17.2 Å². The summed E-state index contributed by atoms with van der Waals surface area (Å²) in [5.74, 6) is 0.668. The Morgan fingerprint density at radius 1 is 1.24 bits per heavy atom. The molecule has 1 aromatic rings. The molecule has 0 saturated heterocycles. The summed E-state index contributed by atoms with van der Waals surface area (Å²) in [7, 11) is 0. The van der Waals surface area contributed by atoms with Gasteiger partial charge in [0.25, 0.3) is 0 Å². The number of benzene rings is 1. The van der Waals surface area contributed by atoms with Crippen LogP contribution in [-0.2, 0) is 6.54 Å². The van der Waals surface area contributed by atoms with E-state index in [9.17, 15) is 4.39 Å². The van der Waals surface area contributed by atoms with Crippen LogP contribution in [-0.4, -0.2) is 6.04 Å². The van der Waals surface area contributed by atoms with Gasteiger partial charge in [0.2, 0.25) is 0 Å². The van der Waals surface area contributed by atoms with E-state index in [-0.39, 0.29) is 5.82 Å². The highest BCUT2D eigenvalue weighted by Gasteiger charge is 2.31. The zero-order chi connectivity index (χ0) is 15.5. The molecule has 1 fully saturated rings. The van der Waals surface area contributed by atoms with Crippen molar-refractivity contribution in [2.24, 2.45) is 11.3 Å². The maximum Gasteiger partial charge on any atom is 0.137 e. The van der Waals surface area contributed by atoms with Crippen molar-refractivity contribution >= 4 is 15.9 Å². The fourth-order valence-electron chi connectivity index (χ4n) is 3.28. The normalized spacial score (nSPS) is 23.3. The largest absolute Gasteiger partial charge is 0.310 e. The van der Waals surface area contributed by atoms with Gasteiger partial charge in [0, 0.05) is 12.6 Å². The molecule has 3 heteroatoms. The molecule has 1 aliphatic carbocycles. The van der Waals surface area contributed by atoms with Gasteiger partial charge < -0.3 is 5.32 Å². The van der Waals surface area contributed by atoms with Gasteiger partial charge >= 0.3 is 0 Å². The van der Waals surface area contributed by atoms with Crippen LogP contribution in [0.1, 0.15) is 58.4 Å². The number of halogens is 2. The molecule has 1 aromatic carbocycles. The van der Waals surface area contributed by atoms with Gasteiger partial charge in [-0.05, 0) is 70.6 Å². The van der Waals surface area contributed by atoms with E-state index in [1.54, 1.807) is 0 Å². The second-order valence-corrected chi connectivity index (χ2v) is 7.87. The summed E-state index contributed by atoms with van der Waals surface area (Å²) in [4.78, 5) is 0. The second-order valence-electron chi connectivity index (χ2n) is 7.02. The SMILES string of the molecule is CCC(C)(C)C1CCC(NCc2ccc(F)c(Br)c2)CC1. The topological polar surface area (TPSA) is 12.0 Å². The van der Waals surface area contributed by atoms with Crippen LogP contribution in [0.4, 0.5) is 4.39 Å². The molecule has 1 nitrogen and oxygen atoms in total. The lowest BCUT2D eigenvalue weighted by atomic mass is 9.69. The molecule has 0 unspecified atom stereocenters. The minimum Gasteiger partial charge on any atom is -0.310 e. The lowest BCUT2D eigenvalue weighted by Gasteiger charge is -2.39. The zero-order valence-corrected chi connectivity index (χ0v) is 15.0. The van der Waals surface area contributed by atoms with Gasteiger partial charge in [-0.2, -0.15) is 0 Å². The molecule has 0 aromatic heterocycles. The first-order valence-corrected chi connectivity index (χ1v) is 8.89. The fourth-order valence-corrected chi connectivity index (χ4v) is 3.71. The summed E-state index contributed by atoms with van der Waals surface area (Å²) in [6.07, 6.45) is 6.43. The number of hydrogen-bond donors (Lipinski definition) is 1. The lowest BCUT2D eigenvalue weighted by molar-refractivity contribution is 0.137. The Hall–Kier alpha value is -0.410. The summed E-state index contributed by atoms with van der Waals surface area (Å²) in [6, 6.07) is 5.87. The third-order valence-corrected chi connectivity index (χ3v) is 5.93. The van der Waals surface area contributed by atoms with Crippen LogP contribution in [0.5, 0.6) is 0 Å². The predicted molar refractivity (Wildman–Crippen MR) is 90.8 cm³/mol. The molecular formula is C18H27BrFN. The quantitative estimate of drug-likeness (QED) is 0.716. The Kier molecular flexibility index (Phi) is 5.84. The Balaban J connectivity index is 1.80. The van der Waals surface area contributed by atoms with E-state index in [1.807, 2.05) is 12.1 Å². The minimum atomic E-state index is -0.193. The van der Waals surface area contributed by atoms with Crippen molar-refractivity contribution in [3.63, 3.8) is 0 Å². The second kappa shape index (κ2) is 7.23. The average molecular weight is 356 g/mol. The average Bonchev–Trinajstić information content (AvgIpc) is 2.49. The van der Waals surface area contributed by atoms with Crippen LogP contribution in [0.25, 0.3) is 0 Å². The van der Waals surface area contributed by atoms with E-state index in [2.05, 4.69) is 42.0 Å². The maximum absolute atomic E-state index is 13.2. The van der Waals surface area contributed by atoms with Crippen LogP contribution in [0.15, 0.2) is 22.7 Å². The van der Waals surface area contributed by atoms with Gasteiger partial charge in [0.15, 0.2) is 0 Å². The van der Waals surface area contributed by atoms with Gasteiger partial charge in [-0.1, -0.05) is 33.3 Å². The van der Waals surface area contributed by atoms with Crippen molar-refractivity contribution in [2.45, 2.75) is 65.5 Å². The molecule has 0 bridgehead atoms. The third-order valence-electron chi connectivity index (χ3n) is 5.32. The third kappa shape index (κ3) is 4.53. The minimum absolute atomic E-state index is 0.193. The first-order valence-electron chi connectivity index (χ1n) is 8.09. The highest BCUT2D eigenvalue weighted by molar-refractivity contribution is 9.10. The molecule has 21 heavy (non-hydrogen) atoms. The molecule has 0 radical (unpaired) electrons. The van der Waals surface area contributed by atoms with Gasteiger partial charge in [-0.25, -0.2) is 4.39 Å². The Morgan fingerprint density at radius 2 is 1.90 bits per heavy atom. The van der Waals surface area contributed by atoms with Crippen molar-refractivity contribution in [3.05, 3.63) is 34.1 Å². The molecule has 1 saturated carbocycles. The maximum atomic E-state index is 13.2. The number of nitrogens with one attached hydrogen (secondary N) is 1. The molecule has 0 heterocycles. The number of rotatable bonds is 5. The van der Waals surface area contributed by atoms with E-state index in [4.69, 9.17) is 0 Å². The van der Waals surface area contributed by atoms with Gasteiger partial charge in [-0.15, -0.1) is 0 Å². The molecule has 1 aliphatic rings. The molecule has 118 valence electrons. The molecule has 0 amide bonds. The molecule has 0 aliphatic heterocycles. The van der Waals surface area contributed by atoms with E-state index < -0.39 is 0 Å². The van der Waals surface area contributed by atoms with Crippen molar-refractivity contribution in [1.29, 1.82) is 0 Å². The van der Waals surface area contributed by atoms with Gasteiger partial charge in [-0.3, -0.25) is 0 Å². The van der Waals surface area contributed by atoms with Crippen LogP contribution in [0.2, 0.25) is 0 Å². The molecule has 1 N–H and O–H groups in total. The van der Waals surface area contributed by atoms with Crippen LogP contribution < -0.4 is 5.32 Å². The van der Waals surface area contributed by atoms with E-state index in [1.165, 1.54) is 38.2 Å². The monoisotopic (exact) mass is 355 g/mol. The van der Waals surface area contributed by atoms with E-state index in [0.717, 1.165) is 18.0 Å². The molecule has 2 rings (SSSR count). The summed E-state index contributed by atoms with van der Waals surface area (Å²) in [5.41, 5.74) is 1.62. The summed E-state index contributed by atoms with van der Waals surface area (Å²) < 4.78 is 13.8. The van der Waals surface area contributed by atoms with Crippen LogP contribution in [0.3, 0.4) is 0 Å². The van der Waals surface area contributed by atoms with Gasteiger partial charge in [0.05, 0.1) is 4.47 Å². The van der Waals surface area contributed by atoms with Gasteiger partial charge in [0.1, 0.15) is 5.82 Å². The fraction of sp³-hybridized carbons (Fsp3) is 0.667. The Labute approximate surface area is 136 Å². The standard InChI is InChI=1S/C18H27BrFN/c1-4-18(2,3)14-6-8-15(9-7-14)21-12-13-5-10-17(20)16(19)11-13/h5,10-11,14-15,21H,4,6-9,12H2,1-3H3. The van der Waals surface area contributed by atoms with E-state index in [0.29, 0.717) is 15.9 Å². The van der Waals surface area contributed by atoms with Crippen molar-refractivity contribution in [2.75, 3.05) is 0 Å². The smallest absolute Gasteiger partial charge is 0.137 e. The summed E-state index contributed by atoms with van der Waals surface area (Å²) in [6.45, 7) is 7.94. The van der Waals surface area contributed by atoms with Crippen molar-refractivity contribution in [3.8, 4) is 0 Å². The molecule has 0 atom stereocenters. The van der Waals surface area contributed by atoms with Crippen LogP contribution >= 0.6 is 15.9 Å². The Morgan fingerprint density at radius 3 is 2.48 bits per heavy atom. The first-order chi connectivity index (χ1) is 9.92. The highest BCUT2D eigenvalue weighted by Crippen LogP contribution is 2.40. The summed E-state index contributed by atoms with van der Waals surface area (Å²) >= 11 is 3.25. The summed E-state index contributed by atoms with van der Waals surface area (Å²) in [5, 5.41) is 3.63.